The lowest BCUT2D eigenvalue weighted by Crippen LogP contribution is -2.41. The van der Waals surface area contributed by atoms with E-state index in [4.69, 9.17) is 10.8 Å². The van der Waals surface area contributed by atoms with Gasteiger partial charge in [-0.2, -0.15) is 0 Å². The molecule has 0 amide bonds. The summed E-state index contributed by atoms with van der Waals surface area (Å²) < 4.78 is 0. The van der Waals surface area contributed by atoms with Crippen LogP contribution in [0.25, 0.3) is 0 Å². The Bertz CT molecular complexity index is 265. The van der Waals surface area contributed by atoms with Crippen LogP contribution in [-0.4, -0.2) is 41.4 Å². The third kappa shape index (κ3) is 15.3. The average molecular weight is 302 g/mol. The maximum atomic E-state index is 11.1. The Balaban J connectivity index is 0. The van der Waals surface area contributed by atoms with Gasteiger partial charge in [-0.25, -0.2) is 0 Å². The summed E-state index contributed by atoms with van der Waals surface area (Å²) >= 11 is 0. The highest BCUT2D eigenvalue weighted by atomic mass is 16.4. The van der Waals surface area contributed by atoms with Crippen LogP contribution < -0.4 is 11.1 Å². The van der Waals surface area contributed by atoms with E-state index in [1.165, 1.54) is 0 Å². The lowest BCUT2D eigenvalue weighted by atomic mass is 9.89. The fraction of sp³-hybridized carbons (Fsp3) is 0.812. The van der Waals surface area contributed by atoms with Crippen molar-refractivity contribution in [2.75, 3.05) is 13.1 Å². The molecule has 2 unspecified atom stereocenters. The predicted octanol–water partition coefficient (Wildman–Crippen LogP) is 2.15. The van der Waals surface area contributed by atoms with Gasteiger partial charge in [-0.05, 0) is 31.2 Å². The summed E-state index contributed by atoms with van der Waals surface area (Å²) in [6, 6.07) is -0.576. The Morgan fingerprint density at radius 2 is 1.81 bits per heavy atom. The van der Waals surface area contributed by atoms with Crippen LogP contribution in [0.4, 0.5) is 0 Å². The van der Waals surface area contributed by atoms with Crippen LogP contribution in [0, 0.1) is 5.41 Å². The minimum Gasteiger partial charge on any atom is -0.480 e. The van der Waals surface area contributed by atoms with Crippen molar-refractivity contribution in [3.63, 3.8) is 0 Å². The number of carbonyl (C=O) groups is 1. The van der Waals surface area contributed by atoms with Crippen molar-refractivity contribution >= 4 is 5.97 Å². The summed E-state index contributed by atoms with van der Waals surface area (Å²) in [6.45, 7) is 13.1. The van der Waals surface area contributed by atoms with E-state index in [-0.39, 0.29) is 5.41 Å². The third-order valence-electron chi connectivity index (χ3n) is 2.94. The number of carboxylic acids is 1. The summed E-state index contributed by atoms with van der Waals surface area (Å²) in [5.74, 6) is -0.851. The SMILES string of the molecule is C=C.CC(C)(C)CC(O)CNC(CCCCCN)C(=O)O. The van der Waals surface area contributed by atoms with Crippen LogP contribution in [0.5, 0.6) is 0 Å². The Morgan fingerprint density at radius 3 is 2.24 bits per heavy atom. The summed E-state index contributed by atoms with van der Waals surface area (Å²) in [5, 5.41) is 21.9. The topological polar surface area (TPSA) is 95.6 Å². The van der Waals surface area contributed by atoms with Gasteiger partial charge in [0.15, 0.2) is 0 Å². The number of aliphatic carboxylic acids is 1. The van der Waals surface area contributed by atoms with Crippen LogP contribution in [-0.2, 0) is 4.79 Å². The average Bonchev–Trinajstić information content (AvgIpc) is 2.37. The molecule has 0 aliphatic heterocycles. The van der Waals surface area contributed by atoms with E-state index < -0.39 is 18.1 Å². The number of aliphatic hydroxyl groups excluding tert-OH is 1. The standard InChI is InChI=1S/C14H30N2O3.C2H4/c1-14(2,3)9-11(17)10-16-12(13(18)19)7-5-4-6-8-15;1-2/h11-12,16-17H,4-10,15H2,1-3H3,(H,18,19);1-2H2. The van der Waals surface area contributed by atoms with E-state index in [1.54, 1.807) is 0 Å². The predicted molar refractivity (Wildman–Crippen MR) is 88.3 cm³/mol. The second-order valence-electron chi connectivity index (χ2n) is 6.36. The van der Waals surface area contributed by atoms with Crippen molar-refractivity contribution in [1.29, 1.82) is 0 Å². The number of hydrogen-bond donors (Lipinski definition) is 4. The largest absolute Gasteiger partial charge is 0.480 e. The van der Waals surface area contributed by atoms with Crippen molar-refractivity contribution in [3.05, 3.63) is 13.2 Å². The molecule has 0 aromatic carbocycles. The van der Waals surface area contributed by atoms with Gasteiger partial charge in [0, 0.05) is 6.54 Å². The smallest absolute Gasteiger partial charge is 0.320 e. The summed E-state index contributed by atoms with van der Waals surface area (Å²) in [4.78, 5) is 11.1. The van der Waals surface area contributed by atoms with E-state index >= 15 is 0 Å². The van der Waals surface area contributed by atoms with Crippen LogP contribution in [0.2, 0.25) is 0 Å². The molecule has 21 heavy (non-hydrogen) atoms. The second-order valence-corrected chi connectivity index (χ2v) is 6.36. The molecule has 5 N–H and O–H groups in total. The molecule has 0 rings (SSSR count). The molecule has 0 radical (unpaired) electrons. The summed E-state index contributed by atoms with van der Waals surface area (Å²) in [5.41, 5.74) is 5.44. The van der Waals surface area contributed by atoms with E-state index in [9.17, 15) is 9.90 Å². The van der Waals surface area contributed by atoms with E-state index in [0.717, 1.165) is 19.3 Å². The van der Waals surface area contributed by atoms with Crippen molar-refractivity contribution < 1.29 is 15.0 Å². The molecule has 5 nitrogen and oxygen atoms in total. The van der Waals surface area contributed by atoms with Crippen molar-refractivity contribution in [3.8, 4) is 0 Å². The minimum absolute atomic E-state index is 0.0426. The quantitative estimate of drug-likeness (QED) is 0.366. The van der Waals surface area contributed by atoms with Crippen LogP contribution in [0.1, 0.15) is 52.9 Å². The number of carboxylic acid groups (broad SMARTS) is 1. The van der Waals surface area contributed by atoms with Gasteiger partial charge in [0.2, 0.25) is 0 Å². The fourth-order valence-electron chi connectivity index (χ4n) is 2.04. The Labute approximate surface area is 129 Å². The normalized spacial score (nSPS) is 14.0. The molecule has 0 heterocycles. The van der Waals surface area contributed by atoms with Gasteiger partial charge in [0.05, 0.1) is 6.10 Å². The molecule has 2 atom stereocenters. The molecule has 0 aliphatic carbocycles. The first-order valence-electron chi connectivity index (χ1n) is 7.60. The Morgan fingerprint density at radius 1 is 1.24 bits per heavy atom. The number of nitrogens with two attached hydrogens (primary N) is 1. The third-order valence-corrected chi connectivity index (χ3v) is 2.94. The highest BCUT2D eigenvalue weighted by Crippen LogP contribution is 2.20. The first-order valence-corrected chi connectivity index (χ1v) is 7.60. The number of hydrogen-bond acceptors (Lipinski definition) is 4. The van der Waals surface area contributed by atoms with Crippen LogP contribution in [0.15, 0.2) is 13.2 Å². The van der Waals surface area contributed by atoms with E-state index in [1.807, 2.05) is 0 Å². The van der Waals surface area contributed by atoms with Gasteiger partial charge in [-0.3, -0.25) is 4.79 Å². The maximum Gasteiger partial charge on any atom is 0.320 e. The molecular weight excluding hydrogens is 268 g/mol. The van der Waals surface area contributed by atoms with Crippen molar-refractivity contribution in [2.45, 2.75) is 65.0 Å². The highest BCUT2D eigenvalue weighted by molar-refractivity contribution is 5.73. The molecule has 5 heteroatoms. The molecule has 0 saturated heterocycles. The Kier molecular flexibility index (Phi) is 13.6. The lowest BCUT2D eigenvalue weighted by molar-refractivity contribution is -0.139. The van der Waals surface area contributed by atoms with Gasteiger partial charge < -0.3 is 21.3 Å². The first-order chi connectivity index (χ1) is 9.76. The molecule has 0 fully saturated rings. The van der Waals surface area contributed by atoms with Crippen molar-refractivity contribution in [1.82, 2.24) is 5.32 Å². The van der Waals surface area contributed by atoms with Gasteiger partial charge in [-0.15, -0.1) is 13.2 Å². The van der Waals surface area contributed by atoms with Gasteiger partial charge in [0.25, 0.3) is 0 Å². The van der Waals surface area contributed by atoms with E-state index in [2.05, 4.69) is 39.2 Å². The molecule has 0 aromatic heterocycles. The molecule has 0 saturated carbocycles. The van der Waals surface area contributed by atoms with Gasteiger partial charge in [-0.1, -0.05) is 33.6 Å². The van der Waals surface area contributed by atoms with Gasteiger partial charge >= 0.3 is 5.97 Å². The van der Waals surface area contributed by atoms with E-state index in [0.29, 0.717) is 25.9 Å². The minimum atomic E-state index is -0.851. The fourth-order valence-corrected chi connectivity index (χ4v) is 2.04. The maximum absolute atomic E-state index is 11.1. The molecule has 0 aliphatic rings. The Hall–Kier alpha value is -0.910. The summed E-state index contributed by atoms with van der Waals surface area (Å²) in [7, 11) is 0. The highest BCUT2D eigenvalue weighted by Gasteiger charge is 2.20. The zero-order valence-electron chi connectivity index (χ0n) is 13.9. The lowest BCUT2D eigenvalue weighted by Gasteiger charge is -2.24. The molecule has 0 bridgehead atoms. The first kappa shape index (κ1) is 22.4. The van der Waals surface area contributed by atoms with Crippen LogP contribution >= 0.6 is 0 Å². The molecule has 126 valence electrons. The monoisotopic (exact) mass is 302 g/mol. The second kappa shape index (κ2) is 12.8. The molecule has 0 aromatic rings. The molecular formula is C16H34N2O3. The number of rotatable bonds is 10. The summed E-state index contributed by atoms with van der Waals surface area (Å²) in [6.07, 6.45) is 3.45. The number of unbranched alkanes of at least 4 members (excludes halogenated alkanes) is 2. The zero-order valence-corrected chi connectivity index (χ0v) is 13.9. The van der Waals surface area contributed by atoms with Gasteiger partial charge in [0.1, 0.15) is 6.04 Å². The number of aliphatic hydroxyl groups is 1. The number of nitrogens with one attached hydrogen (secondary N) is 1. The molecule has 0 spiro atoms. The zero-order chi connectivity index (χ0) is 16.9. The van der Waals surface area contributed by atoms with Crippen molar-refractivity contribution in [2.24, 2.45) is 11.1 Å². The van der Waals surface area contributed by atoms with Crippen LogP contribution in [0.3, 0.4) is 0 Å².